The Bertz CT molecular complexity index is 4310. The van der Waals surface area contributed by atoms with Crippen LogP contribution in [0.5, 0.6) is 0 Å². The molecular formula is C84H70ClI2N. The first-order valence-corrected chi connectivity index (χ1v) is 33.7. The molecule has 0 aliphatic carbocycles. The molecule has 0 heterocycles. The zero-order valence-electron chi connectivity index (χ0n) is 48.7. The number of fused-ring (bicyclic) bond motifs is 2. The molecule has 0 fully saturated rings. The lowest BCUT2D eigenvalue weighted by atomic mass is 9.92. The first-order chi connectivity index (χ1) is 42.9. The normalized spacial score (nSPS) is 10.3. The van der Waals surface area contributed by atoms with E-state index in [9.17, 15) is 0 Å². The van der Waals surface area contributed by atoms with Crippen molar-refractivity contribution in [3.8, 4) is 89.0 Å². The second kappa shape index (κ2) is 32.2. The number of halogens is 3. The number of hydrogen-bond acceptors (Lipinski definition) is 1. The summed E-state index contributed by atoms with van der Waals surface area (Å²) in [6.07, 6.45) is 0.886. The van der Waals surface area contributed by atoms with Crippen LogP contribution in [-0.2, 0) is 6.42 Å². The smallest absolute Gasteiger partial charge is 0.0406 e. The Labute approximate surface area is 553 Å². The van der Waals surface area contributed by atoms with Crippen LogP contribution in [0, 0.1) is 0 Å². The molecule has 0 atom stereocenters. The Morgan fingerprint density at radius 2 is 0.545 bits per heavy atom. The fourth-order valence-corrected chi connectivity index (χ4v) is 11.1. The van der Waals surface area contributed by atoms with Crippen molar-refractivity contribution in [3.05, 3.63) is 356 Å². The Balaban J connectivity index is 0.000000166. The lowest BCUT2D eigenvalue weighted by Gasteiger charge is -2.12. The van der Waals surface area contributed by atoms with E-state index in [1.165, 1.54) is 111 Å². The first kappa shape index (κ1) is 63.6. The summed E-state index contributed by atoms with van der Waals surface area (Å²) in [5.74, 6) is 0. The number of nitrogens with two attached hydrogens (primary N) is 1. The van der Waals surface area contributed by atoms with Gasteiger partial charge in [-0.2, -0.15) is 0 Å². The standard InChI is InChI=1S/C41H30.C22H15Cl.C18H15N.2CH3I.CH4/c1-4-11-32(12-5-1)38-26-31(27-39(28-38)33-13-6-2-7-14-33)25-30-19-21-34(22-20-30)37-24-23-36-17-10-18-40(41(36)29-37)35-15-8-3-9-16-35;23-20-13-11-16(12-14-20)19-10-9-18-7-4-8-21(22(18)15-19)17-5-2-1-3-6-17;19-18-12-16(14-7-3-1-4-8-14)11-17(13-18)15-9-5-2-6-10-15;2*1-2;/h1-24,26-29H,25H2;1-15H;1-13H,19H2;2*1H3;1H4. The molecule has 1 nitrogen and oxygen atoms in total. The third-order valence-electron chi connectivity index (χ3n) is 15.2. The summed E-state index contributed by atoms with van der Waals surface area (Å²) in [7, 11) is 0. The van der Waals surface area contributed by atoms with Gasteiger partial charge >= 0.3 is 0 Å². The number of alkyl halides is 2. The zero-order chi connectivity index (χ0) is 60.2. The summed E-state index contributed by atoms with van der Waals surface area (Å²) < 4.78 is 0. The van der Waals surface area contributed by atoms with Crippen LogP contribution in [0.25, 0.3) is 111 Å². The fraction of sp³-hybridized carbons (Fsp3) is 0.0476. The van der Waals surface area contributed by atoms with E-state index >= 15 is 0 Å². The molecule has 14 aromatic carbocycles. The van der Waals surface area contributed by atoms with Crippen molar-refractivity contribution in [3.63, 3.8) is 0 Å². The highest BCUT2D eigenvalue weighted by molar-refractivity contribution is 14.1. The number of nitrogen functional groups attached to an aromatic ring is 1. The van der Waals surface area contributed by atoms with Crippen LogP contribution >= 0.6 is 56.8 Å². The van der Waals surface area contributed by atoms with Crippen LogP contribution in [0.15, 0.2) is 340 Å². The second-order valence-corrected chi connectivity index (χ2v) is 21.3. The molecular weight excluding hydrogens is 1310 g/mol. The second-order valence-electron chi connectivity index (χ2n) is 20.8. The van der Waals surface area contributed by atoms with E-state index in [0.29, 0.717) is 0 Å². The summed E-state index contributed by atoms with van der Waals surface area (Å²) in [4.78, 5) is 3.94. The molecule has 0 aliphatic rings. The number of hydrogen-bond donors (Lipinski definition) is 1. The van der Waals surface area contributed by atoms with Crippen LogP contribution in [-0.4, -0.2) is 9.86 Å². The maximum Gasteiger partial charge on any atom is 0.0406 e. The maximum atomic E-state index is 6.03. The third-order valence-corrected chi connectivity index (χ3v) is 15.4. The Morgan fingerprint density at radius 3 is 0.898 bits per heavy atom. The summed E-state index contributed by atoms with van der Waals surface area (Å²) in [5, 5.41) is 5.83. The van der Waals surface area contributed by atoms with Gasteiger partial charge in [-0.05, 0) is 186 Å². The molecule has 0 saturated carbocycles. The molecule has 0 saturated heterocycles. The zero-order valence-corrected chi connectivity index (χ0v) is 53.8. The molecule has 0 unspecified atom stereocenters. The summed E-state index contributed by atoms with van der Waals surface area (Å²) in [6, 6.07) is 120. The van der Waals surface area contributed by atoms with E-state index in [-0.39, 0.29) is 7.43 Å². The van der Waals surface area contributed by atoms with E-state index in [4.69, 9.17) is 17.3 Å². The third kappa shape index (κ3) is 16.4. The predicted octanol–water partition coefficient (Wildman–Crippen LogP) is 25.3. The minimum Gasteiger partial charge on any atom is -0.399 e. The lowest BCUT2D eigenvalue weighted by Crippen LogP contribution is -1.92. The van der Waals surface area contributed by atoms with E-state index < -0.39 is 0 Å². The molecule has 0 radical (unpaired) electrons. The minimum atomic E-state index is 0. The molecule has 0 amide bonds. The number of rotatable bonds is 10. The summed E-state index contributed by atoms with van der Waals surface area (Å²) >= 11 is 10.3. The van der Waals surface area contributed by atoms with Crippen LogP contribution in [0.1, 0.15) is 18.6 Å². The van der Waals surface area contributed by atoms with Gasteiger partial charge in [0.25, 0.3) is 0 Å². The van der Waals surface area contributed by atoms with E-state index in [0.717, 1.165) is 28.3 Å². The van der Waals surface area contributed by atoms with Crippen molar-refractivity contribution in [1.82, 2.24) is 0 Å². The van der Waals surface area contributed by atoms with E-state index in [2.05, 4.69) is 318 Å². The molecule has 14 rings (SSSR count). The fourth-order valence-electron chi connectivity index (χ4n) is 11.0. The molecule has 0 aromatic heterocycles. The largest absolute Gasteiger partial charge is 0.399 e. The van der Waals surface area contributed by atoms with Gasteiger partial charge in [-0.3, -0.25) is 0 Å². The monoisotopic (exact) mass is 1380 g/mol. The van der Waals surface area contributed by atoms with E-state index in [1.54, 1.807) is 0 Å². The molecule has 0 aliphatic heterocycles. The van der Waals surface area contributed by atoms with Gasteiger partial charge in [0.15, 0.2) is 0 Å². The average molecular weight is 1380 g/mol. The van der Waals surface area contributed by atoms with Crippen LogP contribution in [0.3, 0.4) is 0 Å². The molecule has 2 N–H and O–H groups in total. The van der Waals surface area contributed by atoms with Crippen molar-refractivity contribution in [1.29, 1.82) is 0 Å². The lowest BCUT2D eigenvalue weighted by molar-refractivity contribution is 1.19. The Kier molecular flexibility index (Phi) is 23.3. The Hall–Kier alpha value is -8.85. The molecule has 432 valence electrons. The molecule has 0 spiro atoms. The predicted molar refractivity (Wildman–Crippen MR) is 403 cm³/mol. The summed E-state index contributed by atoms with van der Waals surface area (Å²) in [5.41, 5.74) is 29.0. The highest BCUT2D eigenvalue weighted by Crippen LogP contribution is 2.36. The van der Waals surface area contributed by atoms with Gasteiger partial charge in [-0.25, -0.2) is 0 Å². The molecule has 4 heteroatoms. The molecule has 14 aromatic rings. The van der Waals surface area contributed by atoms with Gasteiger partial charge in [0, 0.05) is 10.7 Å². The van der Waals surface area contributed by atoms with E-state index in [1.807, 2.05) is 76.6 Å². The summed E-state index contributed by atoms with van der Waals surface area (Å²) in [6.45, 7) is 0. The topological polar surface area (TPSA) is 26.0 Å². The SMILES string of the molecule is C.CI.CI.Clc1ccc(-c2ccc3cccc(-c4ccccc4)c3c2)cc1.Nc1cc(-c2ccccc2)cc(-c2ccccc2)c1.c1ccc(-c2cc(Cc3ccc(-c4ccc5cccc(-c6ccccc6)c5c4)cc3)cc(-c3ccccc3)c2)cc1. The van der Waals surface area contributed by atoms with Crippen LogP contribution in [0.2, 0.25) is 5.02 Å². The van der Waals surface area contributed by atoms with Crippen LogP contribution < -0.4 is 5.73 Å². The van der Waals surface area contributed by atoms with Crippen LogP contribution in [0.4, 0.5) is 5.69 Å². The van der Waals surface area contributed by atoms with Gasteiger partial charge in [-0.1, -0.05) is 355 Å². The van der Waals surface area contributed by atoms with Crippen molar-refractivity contribution < 1.29 is 0 Å². The minimum absolute atomic E-state index is 0. The quantitative estimate of drug-likeness (QED) is 0.0824. The van der Waals surface area contributed by atoms with Crippen molar-refractivity contribution >= 4 is 84.0 Å². The van der Waals surface area contributed by atoms with Crippen molar-refractivity contribution in [2.45, 2.75) is 13.8 Å². The Morgan fingerprint density at radius 1 is 0.250 bits per heavy atom. The maximum absolute atomic E-state index is 6.03. The number of benzene rings is 14. The van der Waals surface area contributed by atoms with Crippen molar-refractivity contribution in [2.75, 3.05) is 15.6 Å². The van der Waals surface area contributed by atoms with Gasteiger partial charge in [-0.15, -0.1) is 0 Å². The van der Waals surface area contributed by atoms with Gasteiger partial charge in [0.05, 0.1) is 0 Å². The first-order valence-electron chi connectivity index (χ1n) is 29.0. The molecule has 0 bridgehead atoms. The van der Waals surface area contributed by atoms with Gasteiger partial charge in [0.2, 0.25) is 0 Å². The highest BCUT2D eigenvalue weighted by atomic mass is 127. The van der Waals surface area contributed by atoms with Gasteiger partial charge in [0.1, 0.15) is 0 Å². The highest BCUT2D eigenvalue weighted by Gasteiger charge is 2.11. The van der Waals surface area contributed by atoms with Crippen molar-refractivity contribution in [2.24, 2.45) is 0 Å². The average Bonchev–Trinajstić information content (AvgIpc) is 1.49. The molecule has 88 heavy (non-hydrogen) atoms. The number of anilines is 1. The van der Waals surface area contributed by atoms with Gasteiger partial charge < -0.3 is 5.73 Å².